The minimum atomic E-state index is -3.92. The Bertz CT molecular complexity index is 1070. The third-order valence-corrected chi connectivity index (χ3v) is 6.96. The molecule has 2 aliphatic heterocycles. The van der Waals surface area contributed by atoms with Crippen LogP contribution >= 0.6 is 0 Å². The highest BCUT2D eigenvalue weighted by molar-refractivity contribution is 7.93. The molecule has 2 aromatic carbocycles. The summed E-state index contributed by atoms with van der Waals surface area (Å²) in [6.45, 7) is 4.24. The number of benzene rings is 2. The van der Waals surface area contributed by atoms with Gasteiger partial charge in [0.1, 0.15) is 11.6 Å². The molecule has 33 heavy (non-hydrogen) atoms. The third kappa shape index (κ3) is 6.35. The zero-order chi connectivity index (χ0) is 23.3. The molecule has 2 aliphatic rings. The highest BCUT2D eigenvalue weighted by Crippen LogP contribution is 2.24. The van der Waals surface area contributed by atoms with Crippen LogP contribution in [-0.2, 0) is 19.6 Å². The van der Waals surface area contributed by atoms with E-state index in [0.717, 1.165) is 31.6 Å². The summed E-state index contributed by atoms with van der Waals surface area (Å²) in [5.41, 5.74) is 2.08. The van der Waals surface area contributed by atoms with Crippen molar-refractivity contribution >= 4 is 38.7 Å². The van der Waals surface area contributed by atoms with Crippen LogP contribution in [0.25, 0.3) is 0 Å². The standard InChI is InChI=1S/C23H29FN4O4S/c24-21-16-19(6-9-22(21)28-12-14-32-15-13-28)25-23(29)17-33(30,31)26-18-4-7-20(8-5-18)27-10-2-1-3-11-27/h4-9,16,26H,1-3,10-15,17H2,(H,25,29). The molecule has 8 nitrogen and oxygen atoms in total. The number of nitrogens with one attached hydrogen (secondary N) is 2. The molecule has 0 radical (unpaired) electrons. The van der Waals surface area contributed by atoms with Crippen molar-refractivity contribution in [3.63, 3.8) is 0 Å². The first-order valence-electron chi connectivity index (χ1n) is 11.2. The largest absolute Gasteiger partial charge is 0.378 e. The molecule has 2 fully saturated rings. The predicted molar refractivity (Wildman–Crippen MR) is 128 cm³/mol. The number of carbonyl (C=O) groups is 1. The maximum absolute atomic E-state index is 14.5. The van der Waals surface area contributed by atoms with Gasteiger partial charge >= 0.3 is 0 Å². The third-order valence-electron chi connectivity index (χ3n) is 5.77. The number of piperidine rings is 1. The lowest BCUT2D eigenvalue weighted by molar-refractivity contribution is -0.113. The molecule has 0 aromatic heterocycles. The first-order valence-corrected chi connectivity index (χ1v) is 12.8. The molecule has 1 amide bonds. The van der Waals surface area contributed by atoms with Crippen LogP contribution in [0.3, 0.4) is 0 Å². The van der Waals surface area contributed by atoms with Crippen molar-refractivity contribution in [2.75, 3.05) is 65.0 Å². The lowest BCUT2D eigenvalue weighted by atomic mass is 10.1. The number of nitrogens with zero attached hydrogens (tertiary/aromatic N) is 2. The van der Waals surface area contributed by atoms with Crippen LogP contribution in [0.15, 0.2) is 42.5 Å². The van der Waals surface area contributed by atoms with E-state index in [1.807, 2.05) is 17.0 Å². The van der Waals surface area contributed by atoms with Crippen LogP contribution in [-0.4, -0.2) is 59.5 Å². The van der Waals surface area contributed by atoms with Crippen molar-refractivity contribution in [2.24, 2.45) is 0 Å². The highest BCUT2D eigenvalue weighted by Gasteiger charge is 2.19. The molecule has 0 bridgehead atoms. The lowest BCUT2D eigenvalue weighted by Crippen LogP contribution is -2.36. The van der Waals surface area contributed by atoms with E-state index >= 15 is 0 Å². The van der Waals surface area contributed by atoms with Gasteiger partial charge in [0.15, 0.2) is 0 Å². The van der Waals surface area contributed by atoms with Crippen LogP contribution in [0.1, 0.15) is 19.3 Å². The molecule has 4 rings (SSSR count). The summed E-state index contributed by atoms with van der Waals surface area (Å²) in [6.07, 6.45) is 3.55. The van der Waals surface area contributed by atoms with Gasteiger partial charge in [-0.3, -0.25) is 9.52 Å². The molecule has 0 spiro atoms. The average Bonchev–Trinajstić information content (AvgIpc) is 2.80. The summed E-state index contributed by atoms with van der Waals surface area (Å²) in [7, 11) is -3.92. The average molecular weight is 477 g/mol. The van der Waals surface area contributed by atoms with E-state index in [0.29, 0.717) is 37.7 Å². The molecule has 0 aliphatic carbocycles. The Morgan fingerprint density at radius 2 is 1.58 bits per heavy atom. The summed E-state index contributed by atoms with van der Waals surface area (Å²) in [5.74, 6) is -2.00. The van der Waals surface area contributed by atoms with E-state index in [1.165, 1.54) is 12.5 Å². The summed E-state index contributed by atoms with van der Waals surface area (Å²) in [6, 6.07) is 11.5. The van der Waals surface area contributed by atoms with Crippen molar-refractivity contribution in [2.45, 2.75) is 19.3 Å². The molecular weight excluding hydrogens is 447 g/mol. The van der Waals surface area contributed by atoms with Gasteiger partial charge in [-0.15, -0.1) is 0 Å². The molecule has 178 valence electrons. The first-order chi connectivity index (χ1) is 15.9. The number of halogens is 1. The van der Waals surface area contributed by atoms with Crippen LogP contribution in [0.4, 0.5) is 27.1 Å². The van der Waals surface area contributed by atoms with E-state index in [2.05, 4.69) is 14.9 Å². The van der Waals surface area contributed by atoms with Gasteiger partial charge in [0, 0.05) is 43.2 Å². The number of amides is 1. The second-order valence-electron chi connectivity index (χ2n) is 8.27. The van der Waals surface area contributed by atoms with Gasteiger partial charge in [0.2, 0.25) is 15.9 Å². The number of ether oxygens (including phenoxy) is 1. The molecule has 0 unspecified atom stereocenters. The van der Waals surface area contributed by atoms with Crippen LogP contribution in [0, 0.1) is 5.82 Å². The Labute approximate surface area is 193 Å². The second-order valence-corrected chi connectivity index (χ2v) is 9.99. The number of hydrogen-bond acceptors (Lipinski definition) is 6. The predicted octanol–water partition coefficient (Wildman–Crippen LogP) is 3.03. The minimum absolute atomic E-state index is 0.204. The fourth-order valence-corrected chi connectivity index (χ4v) is 5.11. The molecule has 10 heteroatoms. The van der Waals surface area contributed by atoms with Gasteiger partial charge in [-0.25, -0.2) is 12.8 Å². The van der Waals surface area contributed by atoms with E-state index < -0.39 is 27.5 Å². The van der Waals surface area contributed by atoms with Gasteiger partial charge in [-0.05, 0) is 61.7 Å². The maximum atomic E-state index is 14.5. The number of anilines is 4. The Balaban J connectivity index is 1.32. The van der Waals surface area contributed by atoms with Crippen molar-refractivity contribution in [3.8, 4) is 0 Å². The van der Waals surface area contributed by atoms with Crippen molar-refractivity contribution in [3.05, 3.63) is 48.3 Å². The van der Waals surface area contributed by atoms with Crippen molar-refractivity contribution in [1.29, 1.82) is 0 Å². The molecular formula is C23H29FN4O4S. The van der Waals surface area contributed by atoms with E-state index in [-0.39, 0.29) is 5.69 Å². The normalized spacial score (nSPS) is 17.0. The topological polar surface area (TPSA) is 91.0 Å². The lowest BCUT2D eigenvalue weighted by Gasteiger charge is -2.29. The summed E-state index contributed by atoms with van der Waals surface area (Å²) in [5, 5.41) is 2.46. The van der Waals surface area contributed by atoms with Crippen LogP contribution < -0.4 is 19.8 Å². The van der Waals surface area contributed by atoms with Crippen molar-refractivity contribution < 1.29 is 22.3 Å². The summed E-state index contributed by atoms with van der Waals surface area (Å²) < 4.78 is 47.1. The Hall–Kier alpha value is -2.85. The summed E-state index contributed by atoms with van der Waals surface area (Å²) >= 11 is 0. The number of sulfonamides is 1. The van der Waals surface area contributed by atoms with Crippen LogP contribution in [0.5, 0.6) is 0 Å². The highest BCUT2D eigenvalue weighted by atomic mass is 32.2. The fraction of sp³-hybridized carbons (Fsp3) is 0.435. The summed E-state index contributed by atoms with van der Waals surface area (Å²) in [4.78, 5) is 16.4. The Kier molecular flexibility index (Phi) is 7.34. The smallest absolute Gasteiger partial charge is 0.241 e. The number of rotatable bonds is 7. The molecule has 2 saturated heterocycles. The quantitative estimate of drug-likeness (QED) is 0.639. The van der Waals surface area contributed by atoms with Gasteiger partial charge in [0.05, 0.1) is 18.9 Å². The Morgan fingerprint density at radius 1 is 0.909 bits per heavy atom. The molecule has 0 saturated carbocycles. The van der Waals surface area contributed by atoms with Gasteiger partial charge < -0.3 is 19.9 Å². The maximum Gasteiger partial charge on any atom is 0.241 e. The number of carbonyl (C=O) groups excluding carboxylic acids is 1. The number of hydrogen-bond donors (Lipinski definition) is 2. The minimum Gasteiger partial charge on any atom is -0.378 e. The molecule has 2 heterocycles. The second kappa shape index (κ2) is 10.4. The Morgan fingerprint density at radius 3 is 2.24 bits per heavy atom. The zero-order valence-electron chi connectivity index (χ0n) is 18.4. The monoisotopic (exact) mass is 476 g/mol. The number of morpholine rings is 1. The van der Waals surface area contributed by atoms with E-state index in [9.17, 15) is 17.6 Å². The molecule has 0 atom stereocenters. The van der Waals surface area contributed by atoms with E-state index in [4.69, 9.17) is 4.74 Å². The van der Waals surface area contributed by atoms with Gasteiger partial charge in [-0.1, -0.05) is 0 Å². The van der Waals surface area contributed by atoms with Crippen molar-refractivity contribution in [1.82, 2.24) is 0 Å². The van der Waals surface area contributed by atoms with Gasteiger partial charge in [0.25, 0.3) is 0 Å². The van der Waals surface area contributed by atoms with Crippen LogP contribution in [0.2, 0.25) is 0 Å². The van der Waals surface area contributed by atoms with Gasteiger partial charge in [-0.2, -0.15) is 0 Å². The first kappa shape index (κ1) is 23.3. The molecule has 2 aromatic rings. The van der Waals surface area contributed by atoms with E-state index in [1.54, 1.807) is 24.3 Å². The zero-order valence-corrected chi connectivity index (χ0v) is 19.2. The SMILES string of the molecule is O=C(CS(=O)(=O)Nc1ccc(N2CCCCC2)cc1)Nc1ccc(N2CCOCC2)c(F)c1. The fourth-order valence-electron chi connectivity index (χ4n) is 4.12. The molecule has 2 N–H and O–H groups in total.